The van der Waals surface area contributed by atoms with Gasteiger partial charge in [-0.3, -0.25) is 9.59 Å². The average Bonchev–Trinajstić information content (AvgIpc) is 2.36. The molecule has 1 unspecified atom stereocenters. The van der Waals surface area contributed by atoms with Crippen LogP contribution in [0.3, 0.4) is 0 Å². The van der Waals surface area contributed by atoms with Crippen LogP contribution in [0.5, 0.6) is 0 Å². The van der Waals surface area contributed by atoms with Crippen molar-refractivity contribution in [2.45, 2.75) is 20.0 Å². The lowest BCUT2D eigenvalue weighted by Gasteiger charge is -2.11. The van der Waals surface area contributed by atoms with E-state index in [9.17, 15) is 9.59 Å². The van der Waals surface area contributed by atoms with Crippen LogP contribution in [0.15, 0.2) is 30.3 Å². The van der Waals surface area contributed by atoms with Crippen molar-refractivity contribution in [1.29, 1.82) is 0 Å². The maximum Gasteiger partial charge on any atom is 0.316 e. The molecule has 0 aliphatic rings. The average molecular weight is 252 g/mol. The molecule has 0 bridgehead atoms. The van der Waals surface area contributed by atoms with Gasteiger partial charge in [-0.2, -0.15) is 11.8 Å². The number of ketones is 1. The third kappa shape index (κ3) is 4.61. The zero-order chi connectivity index (χ0) is 12.7. The molecular weight excluding hydrogens is 236 g/mol. The number of rotatable bonds is 6. The van der Waals surface area contributed by atoms with E-state index < -0.39 is 6.10 Å². The van der Waals surface area contributed by atoms with E-state index in [2.05, 4.69) is 0 Å². The van der Waals surface area contributed by atoms with Crippen LogP contribution in [0.25, 0.3) is 0 Å². The number of thioether (sulfide) groups is 1. The molecule has 0 saturated heterocycles. The van der Waals surface area contributed by atoms with Crippen LogP contribution in [0.2, 0.25) is 0 Å². The Kier molecular flexibility index (Phi) is 5.77. The number of benzene rings is 1. The molecule has 1 atom stereocenters. The smallest absolute Gasteiger partial charge is 0.316 e. The Labute approximate surface area is 106 Å². The Morgan fingerprint density at radius 1 is 1.29 bits per heavy atom. The number of esters is 1. The van der Waals surface area contributed by atoms with Crippen LogP contribution in [0, 0.1) is 0 Å². The van der Waals surface area contributed by atoms with Gasteiger partial charge in [-0.15, -0.1) is 0 Å². The topological polar surface area (TPSA) is 43.4 Å². The quantitative estimate of drug-likeness (QED) is 0.576. The zero-order valence-corrected chi connectivity index (χ0v) is 10.8. The number of carbonyl (C=O) groups is 2. The number of hydrogen-bond donors (Lipinski definition) is 0. The summed E-state index contributed by atoms with van der Waals surface area (Å²) in [5.74, 6) is 0.646. The minimum atomic E-state index is -0.720. The molecule has 0 heterocycles. The Morgan fingerprint density at radius 2 is 1.94 bits per heavy atom. The fourth-order valence-electron chi connectivity index (χ4n) is 1.31. The van der Waals surface area contributed by atoms with Gasteiger partial charge in [0.25, 0.3) is 0 Å². The van der Waals surface area contributed by atoms with Crippen LogP contribution in [-0.4, -0.2) is 29.4 Å². The highest BCUT2D eigenvalue weighted by Gasteiger charge is 2.18. The van der Waals surface area contributed by atoms with Crippen molar-refractivity contribution in [2.24, 2.45) is 0 Å². The van der Waals surface area contributed by atoms with Gasteiger partial charge in [-0.1, -0.05) is 37.3 Å². The molecule has 3 nitrogen and oxygen atoms in total. The lowest BCUT2D eigenvalue weighted by molar-refractivity contribution is -0.143. The summed E-state index contributed by atoms with van der Waals surface area (Å²) in [6.07, 6.45) is -0.720. The lowest BCUT2D eigenvalue weighted by atomic mass is 10.1. The van der Waals surface area contributed by atoms with Crippen LogP contribution >= 0.6 is 11.8 Å². The van der Waals surface area contributed by atoms with Gasteiger partial charge in [0, 0.05) is 5.56 Å². The highest BCUT2D eigenvalue weighted by atomic mass is 32.2. The van der Waals surface area contributed by atoms with Crippen molar-refractivity contribution in [1.82, 2.24) is 0 Å². The highest BCUT2D eigenvalue weighted by molar-refractivity contribution is 7.99. The second-order valence-electron chi connectivity index (χ2n) is 3.50. The van der Waals surface area contributed by atoms with Crippen LogP contribution in [0.4, 0.5) is 0 Å². The Bertz CT molecular complexity index is 376. The first-order valence-electron chi connectivity index (χ1n) is 5.51. The highest BCUT2D eigenvalue weighted by Crippen LogP contribution is 2.08. The van der Waals surface area contributed by atoms with Gasteiger partial charge in [-0.25, -0.2) is 0 Å². The lowest BCUT2D eigenvalue weighted by Crippen LogP contribution is -2.25. The van der Waals surface area contributed by atoms with Gasteiger partial charge >= 0.3 is 5.97 Å². The van der Waals surface area contributed by atoms with E-state index in [1.807, 2.05) is 13.0 Å². The third-order valence-corrected chi connectivity index (χ3v) is 3.01. The molecule has 0 aliphatic heterocycles. The van der Waals surface area contributed by atoms with Crippen molar-refractivity contribution in [2.75, 3.05) is 11.5 Å². The minimum Gasteiger partial charge on any atom is -0.454 e. The fourth-order valence-corrected chi connectivity index (χ4v) is 1.75. The van der Waals surface area contributed by atoms with E-state index in [1.54, 1.807) is 31.2 Å². The molecule has 0 amide bonds. The van der Waals surface area contributed by atoms with Crippen molar-refractivity contribution in [3.05, 3.63) is 35.9 Å². The van der Waals surface area contributed by atoms with E-state index in [0.717, 1.165) is 5.75 Å². The fraction of sp³-hybridized carbons (Fsp3) is 0.385. The SMILES string of the molecule is CCSCC(=O)OC(C)C(=O)c1ccccc1. The Balaban J connectivity index is 2.50. The number of Topliss-reactive ketones (excluding diaryl/α,β-unsaturated/α-hetero) is 1. The van der Waals surface area contributed by atoms with Crippen molar-refractivity contribution >= 4 is 23.5 Å². The first-order valence-corrected chi connectivity index (χ1v) is 6.67. The maximum absolute atomic E-state index is 11.9. The van der Waals surface area contributed by atoms with E-state index in [4.69, 9.17) is 4.74 Å². The molecule has 0 aliphatic carbocycles. The van der Waals surface area contributed by atoms with E-state index >= 15 is 0 Å². The molecule has 0 fully saturated rings. The first-order chi connectivity index (χ1) is 8.15. The number of carbonyl (C=O) groups excluding carboxylic acids is 2. The minimum absolute atomic E-state index is 0.166. The predicted octanol–water partition coefficient (Wildman–Crippen LogP) is 2.55. The van der Waals surface area contributed by atoms with Gasteiger partial charge in [0.05, 0.1) is 5.75 Å². The molecule has 17 heavy (non-hydrogen) atoms. The summed E-state index contributed by atoms with van der Waals surface area (Å²) in [6.45, 7) is 3.57. The second-order valence-corrected chi connectivity index (χ2v) is 4.77. The molecule has 1 aromatic carbocycles. The van der Waals surface area contributed by atoms with Crippen molar-refractivity contribution in [3.8, 4) is 0 Å². The summed E-state index contributed by atoms with van der Waals surface area (Å²) in [7, 11) is 0. The molecular formula is C13H16O3S. The standard InChI is InChI=1S/C13H16O3S/c1-3-17-9-12(14)16-10(2)13(15)11-7-5-4-6-8-11/h4-8,10H,3,9H2,1-2H3. The zero-order valence-electron chi connectivity index (χ0n) is 10.0. The number of hydrogen-bond acceptors (Lipinski definition) is 4. The van der Waals surface area contributed by atoms with Gasteiger partial charge < -0.3 is 4.74 Å². The molecule has 0 spiro atoms. The number of ether oxygens (including phenoxy) is 1. The first kappa shape index (κ1) is 13.8. The predicted molar refractivity (Wildman–Crippen MR) is 69.3 cm³/mol. The molecule has 1 rings (SSSR count). The van der Waals surface area contributed by atoms with Gasteiger partial charge in [-0.05, 0) is 12.7 Å². The monoisotopic (exact) mass is 252 g/mol. The van der Waals surface area contributed by atoms with E-state index in [-0.39, 0.29) is 11.8 Å². The molecule has 92 valence electrons. The second kappa shape index (κ2) is 7.12. The summed E-state index contributed by atoms with van der Waals surface area (Å²) in [5.41, 5.74) is 0.566. The normalized spacial score (nSPS) is 11.9. The molecule has 0 radical (unpaired) electrons. The molecule has 0 N–H and O–H groups in total. The summed E-state index contributed by atoms with van der Waals surface area (Å²) in [4.78, 5) is 23.2. The third-order valence-electron chi connectivity index (χ3n) is 2.16. The van der Waals surface area contributed by atoms with Gasteiger partial charge in [0.1, 0.15) is 0 Å². The summed E-state index contributed by atoms with van der Waals surface area (Å²) in [6, 6.07) is 8.84. The van der Waals surface area contributed by atoms with E-state index in [0.29, 0.717) is 11.3 Å². The molecule has 0 saturated carbocycles. The van der Waals surface area contributed by atoms with Crippen molar-refractivity contribution < 1.29 is 14.3 Å². The molecule has 1 aromatic rings. The van der Waals surface area contributed by atoms with Crippen LogP contribution in [0.1, 0.15) is 24.2 Å². The van der Waals surface area contributed by atoms with E-state index in [1.165, 1.54) is 11.8 Å². The summed E-state index contributed by atoms with van der Waals surface area (Å²) < 4.78 is 5.06. The largest absolute Gasteiger partial charge is 0.454 e. The van der Waals surface area contributed by atoms with Crippen molar-refractivity contribution in [3.63, 3.8) is 0 Å². The molecule has 0 aromatic heterocycles. The van der Waals surface area contributed by atoms with Gasteiger partial charge in [0.15, 0.2) is 6.10 Å². The summed E-state index contributed by atoms with van der Waals surface area (Å²) >= 11 is 1.48. The Hall–Kier alpha value is -1.29. The Morgan fingerprint density at radius 3 is 2.53 bits per heavy atom. The maximum atomic E-state index is 11.9. The molecule has 4 heteroatoms. The summed E-state index contributed by atoms with van der Waals surface area (Å²) in [5, 5.41) is 0. The van der Waals surface area contributed by atoms with Crippen LogP contribution in [-0.2, 0) is 9.53 Å². The van der Waals surface area contributed by atoms with Crippen LogP contribution < -0.4 is 0 Å². The van der Waals surface area contributed by atoms with Gasteiger partial charge in [0.2, 0.25) is 5.78 Å².